The monoisotopic (exact) mass is 382 g/mol. The number of carbonyl (C=O) groups excluding carboxylic acids is 3. The zero-order valence-corrected chi connectivity index (χ0v) is 15.9. The average molecular weight is 382 g/mol. The Bertz CT molecular complexity index is 748. The normalized spacial score (nSPS) is 10.1. The van der Waals surface area contributed by atoms with Crippen molar-refractivity contribution in [3.63, 3.8) is 0 Å². The molecular formula is C22H26N2O4. The molecule has 0 atom stereocenters. The van der Waals surface area contributed by atoms with Crippen molar-refractivity contribution in [1.82, 2.24) is 10.6 Å². The van der Waals surface area contributed by atoms with Crippen LogP contribution in [0.4, 0.5) is 0 Å². The second-order valence-corrected chi connectivity index (χ2v) is 6.36. The number of rotatable bonds is 11. The zero-order valence-electron chi connectivity index (χ0n) is 15.9. The van der Waals surface area contributed by atoms with E-state index >= 15 is 0 Å². The van der Waals surface area contributed by atoms with Crippen LogP contribution in [0.15, 0.2) is 60.7 Å². The van der Waals surface area contributed by atoms with Crippen LogP contribution in [0.1, 0.15) is 24.0 Å². The van der Waals surface area contributed by atoms with Gasteiger partial charge in [-0.05, 0) is 24.0 Å². The van der Waals surface area contributed by atoms with Crippen LogP contribution in [-0.4, -0.2) is 37.5 Å². The largest absolute Gasteiger partial charge is 0.456 e. The third-order valence-corrected chi connectivity index (χ3v) is 4.03. The fourth-order valence-electron chi connectivity index (χ4n) is 2.58. The number of carbonyl (C=O) groups is 3. The predicted molar refractivity (Wildman–Crippen MR) is 107 cm³/mol. The predicted octanol–water partition coefficient (Wildman–Crippen LogP) is 2.03. The molecular weight excluding hydrogens is 356 g/mol. The van der Waals surface area contributed by atoms with Crippen molar-refractivity contribution in [3.8, 4) is 0 Å². The quantitative estimate of drug-likeness (QED) is 0.460. The van der Waals surface area contributed by atoms with Crippen LogP contribution >= 0.6 is 0 Å². The molecule has 0 aliphatic rings. The van der Waals surface area contributed by atoms with Crippen LogP contribution in [-0.2, 0) is 32.0 Å². The van der Waals surface area contributed by atoms with Crippen molar-refractivity contribution in [2.75, 3.05) is 19.7 Å². The maximum Gasteiger partial charge on any atom is 0.308 e. The number of benzene rings is 2. The smallest absolute Gasteiger partial charge is 0.308 e. The number of ether oxygens (including phenoxy) is 1. The van der Waals surface area contributed by atoms with E-state index in [1.807, 2.05) is 60.7 Å². The van der Waals surface area contributed by atoms with Gasteiger partial charge >= 0.3 is 5.97 Å². The van der Waals surface area contributed by atoms with Crippen molar-refractivity contribution in [2.45, 2.75) is 25.7 Å². The summed E-state index contributed by atoms with van der Waals surface area (Å²) in [6.07, 6.45) is 1.99. The minimum Gasteiger partial charge on any atom is -0.456 e. The topological polar surface area (TPSA) is 84.5 Å². The molecule has 2 N–H and O–H groups in total. The molecule has 2 aromatic carbocycles. The van der Waals surface area contributed by atoms with E-state index in [-0.39, 0.29) is 37.8 Å². The third kappa shape index (κ3) is 8.98. The number of hydrogen-bond donors (Lipinski definition) is 2. The Balaban J connectivity index is 1.49. The third-order valence-electron chi connectivity index (χ3n) is 4.03. The molecule has 2 amide bonds. The molecule has 0 radical (unpaired) electrons. The average Bonchev–Trinajstić information content (AvgIpc) is 2.71. The molecule has 148 valence electrons. The van der Waals surface area contributed by atoms with Crippen molar-refractivity contribution >= 4 is 17.8 Å². The summed E-state index contributed by atoms with van der Waals surface area (Å²) in [5, 5.41) is 5.39. The molecule has 0 unspecified atom stereocenters. The van der Waals surface area contributed by atoms with E-state index in [0.29, 0.717) is 6.54 Å². The van der Waals surface area contributed by atoms with E-state index in [1.165, 1.54) is 5.56 Å². The molecule has 6 heteroatoms. The summed E-state index contributed by atoms with van der Waals surface area (Å²) in [4.78, 5) is 35.1. The van der Waals surface area contributed by atoms with Crippen molar-refractivity contribution in [1.29, 1.82) is 0 Å². The van der Waals surface area contributed by atoms with Gasteiger partial charge in [-0.3, -0.25) is 14.4 Å². The van der Waals surface area contributed by atoms with E-state index < -0.39 is 5.97 Å². The molecule has 0 fully saturated rings. The summed E-state index contributed by atoms with van der Waals surface area (Å²) in [5.74, 6) is -0.996. The standard InChI is InChI=1S/C22H26N2O4/c25-20(16-19-10-5-2-6-11-19)24-15-13-22(27)28-17-21(26)23-14-7-12-18-8-3-1-4-9-18/h1-6,8-11H,7,12-17H2,(H,23,26)(H,24,25). The minimum atomic E-state index is -0.514. The minimum absolute atomic E-state index is 0.0296. The van der Waals surface area contributed by atoms with Gasteiger partial charge in [0.15, 0.2) is 6.61 Å². The second kappa shape index (κ2) is 12.3. The zero-order chi connectivity index (χ0) is 20.0. The van der Waals surface area contributed by atoms with E-state index in [9.17, 15) is 14.4 Å². The van der Waals surface area contributed by atoms with E-state index in [0.717, 1.165) is 18.4 Å². The molecule has 0 bridgehead atoms. The first-order chi connectivity index (χ1) is 13.6. The van der Waals surface area contributed by atoms with Gasteiger partial charge in [0.2, 0.25) is 5.91 Å². The van der Waals surface area contributed by atoms with Crippen molar-refractivity contribution in [2.24, 2.45) is 0 Å². The lowest BCUT2D eigenvalue weighted by molar-refractivity contribution is -0.148. The number of esters is 1. The fourth-order valence-corrected chi connectivity index (χ4v) is 2.58. The lowest BCUT2D eigenvalue weighted by Crippen LogP contribution is -2.31. The number of hydrogen-bond acceptors (Lipinski definition) is 4. The van der Waals surface area contributed by atoms with Gasteiger partial charge in [-0.25, -0.2) is 0 Å². The maximum absolute atomic E-state index is 11.8. The second-order valence-electron chi connectivity index (χ2n) is 6.36. The summed E-state index contributed by atoms with van der Waals surface area (Å²) in [6.45, 7) is 0.409. The van der Waals surface area contributed by atoms with Gasteiger partial charge < -0.3 is 15.4 Å². The molecule has 0 saturated carbocycles. The first-order valence-corrected chi connectivity index (χ1v) is 9.40. The maximum atomic E-state index is 11.8. The molecule has 0 aliphatic carbocycles. The Morgan fingerprint density at radius 3 is 2.04 bits per heavy atom. The molecule has 6 nitrogen and oxygen atoms in total. The summed E-state index contributed by atoms with van der Waals surface area (Å²) in [5.41, 5.74) is 2.13. The molecule has 0 saturated heterocycles. The molecule has 0 aromatic heterocycles. The van der Waals surface area contributed by atoms with E-state index in [2.05, 4.69) is 10.6 Å². The van der Waals surface area contributed by atoms with Crippen LogP contribution in [0.3, 0.4) is 0 Å². The van der Waals surface area contributed by atoms with Gasteiger partial charge in [0.05, 0.1) is 12.8 Å². The fraction of sp³-hybridized carbons (Fsp3) is 0.318. The highest BCUT2D eigenvalue weighted by molar-refractivity contribution is 5.81. The Morgan fingerprint density at radius 1 is 0.750 bits per heavy atom. The summed E-state index contributed by atoms with van der Waals surface area (Å²) >= 11 is 0. The highest BCUT2D eigenvalue weighted by Crippen LogP contribution is 2.01. The Hall–Kier alpha value is -3.15. The molecule has 0 aliphatic heterocycles. The number of aryl methyl sites for hydroxylation is 1. The summed E-state index contributed by atoms with van der Waals surface area (Å²) < 4.78 is 4.92. The molecule has 0 spiro atoms. The lowest BCUT2D eigenvalue weighted by Gasteiger charge is -2.08. The summed E-state index contributed by atoms with van der Waals surface area (Å²) in [7, 11) is 0. The van der Waals surface area contributed by atoms with E-state index in [4.69, 9.17) is 4.74 Å². The molecule has 28 heavy (non-hydrogen) atoms. The SMILES string of the molecule is O=C(COC(=O)CCNC(=O)Cc1ccccc1)NCCCc1ccccc1. The molecule has 2 rings (SSSR count). The van der Waals surface area contributed by atoms with Crippen LogP contribution in [0.5, 0.6) is 0 Å². The van der Waals surface area contributed by atoms with Gasteiger partial charge in [-0.2, -0.15) is 0 Å². The van der Waals surface area contributed by atoms with Gasteiger partial charge in [-0.1, -0.05) is 60.7 Å². The van der Waals surface area contributed by atoms with Crippen molar-refractivity contribution in [3.05, 3.63) is 71.8 Å². The van der Waals surface area contributed by atoms with Crippen LogP contribution in [0.25, 0.3) is 0 Å². The van der Waals surface area contributed by atoms with Crippen molar-refractivity contribution < 1.29 is 19.1 Å². The van der Waals surface area contributed by atoms with Gasteiger partial charge in [0.1, 0.15) is 0 Å². The highest BCUT2D eigenvalue weighted by Gasteiger charge is 2.08. The Labute approximate surface area is 165 Å². The van der Waals surface area contributed by atoms with Crippen LogP contribution < -0.4 is 10.6 Å². The van der Waals surface area contributed by atoms with Gasteiger partial charge in [-0.15, -0.1) is 0 Å². The van der Waals surface area contributed by atoms with Crippen LogP contribution in [0.2, 0.25) is 0 Å². The Morgan fingerprint density at radius 2 is 1.36 bits per heavy atom. The number of amides is 2. The van der Waals surface area contributed by atoms with Gasteiger partial charge in [0, 0.05) is 13.1 Å². The Kier molecular flexibility index (Phi) is 9.27. The number of nitrogens with one attached hydrogen (secondary N) is 2. The van der Waals surface area contributed by atoms with Gasteiger partial charge in [0.25, 0.3) is 5.91 Å². The first-order valence-electron chi connectivity index (χ1n) is 9.40. The highest BCUT2D eigenvalue weighted by atomic mass is 16.5. The summed E-state index contributed by atoms with van der Waals surface area (Å²) in [6, 6.07) is 19.4. The molecule has 2 aromatic rings. The molecule has 0 heterocycles. The van der Waals surface area contributed by atoms with Crippen LogP contribution in [0, 0.1) is 0 Å². The van der Waals surface area contributed by atoms with E-state index in [1.54, 1.807) is 0 Å². The lowest BCUT2D eigenvalue weighted by atomic mass is 10.1. The first kappa shape index (κ1) is 21.2.